The summed E-state index contributed by atoms with van der Waals surface area (Å²) in [4.78, 5) is 31.6. The van der Waals surface area contributed by atoms with Crippen LogP contribution >= 0.6 is 0 Å². The number of carbonyl (C=O) groups is 1. The molecule has 0 unspecified atom stereocenters. The second-order valence-corrected chi connectivity index (χ2v) is 5.31. The van der Waals surface area contributed by atoms with Crippen molar-refractivity contribution in [2.45, 2.75) is 32.2 Å². The summed E-state index contributed by atoms with van der Waals surface area (Å²) in [6, 6.07) is 1.34. The Kier molecular flexibility index (Phi) is 4.39. The lowest BCUT2D eigenvalue weighted by atomic mass is 9.99. The Bertz CT molecular complexity index is 542. The highest BCUT2D eigenvalue weighted by atomic mass is 16.2. The zero-order chi connectivity index (χ0) is 14.7. The van der Waals surface area contributed by atoms with Gasteiger partial charge >= 0.3 is 0 Å². The van der Waals surface area contributed by atoms with Gasteiger partial charge in [0, 0.05) is 25.2 Å². The van der Waals surface area contributed by atoms with Crippen LogP contribution in [0.1, 0.15) is 25.5 Å². The van der Waals surface area contributed by atoms with Crippen molar-refractivity contribution in [3.63, 3.8) is 0 Å². The Hall–Kier alpha value is -1.89. The van der Waals surface area contributed by atoms with Crippen molar-refractivity contribution in [1.82, 2.24) is 14.9 Å². The number of nitrogens with two attached hydrogens (primary N) is 2. The molecule has 0 bridgehead atoms. The van der Waals surface area contributed by atoms with Gasteiger partial charge < -0.3 is 16.4 Å². The van der Waals surface area contributed by atoms with E-state index < -0.39 is 0 Å². The molecular formula is C13H21N5O2. The average Bonchev–Trinajstić information content (AvgIpc) is 2.70. The molecule has 2 atom stereocenters. The predicted molar refractivity (Wildman–Crippen MR) is 75.9 cm³/mol. The molecule has 7 heteroatoms. The van der Waals surface area contributed by atoms with Crippen molar-refractivity contribution >= 4 is 11.9 Å². The van der Waals surface area contributed by atoms with E-state index in [2.05, 4.69) is 16.9 Å². The zero-order valence-electron chi connectivity index (χ0n) is 11.6. The fraction of sp³-hybridized carbons (Fsp3) is 0.615. The van der Waals surface area contributed by atoms with Gasteiger partial charge in [0.15, 0.2) is 0 Å². The molecule has 2 heterocycles. The molecule has 0 aliphatic carbocycles. The Morgan fingerprint density at radius 2 is 2.30 bits per heavy atom. The number of rotatable bonds is 4. The van der Waals surface area contributed by atoms with Crippen molar-refractivity contribution in [2.24, 2.45) is 11.7 Å². The normalized spacial score (nSPS) is 22.2. The van der Waals surface area contributed by atoms with Gasteiger partial charge in [-0.25, -0.2) is 4.98 Å². The van der Waals surface area contributed by atoms with Gasteiger partial charge in [0.25, 0.3) is 5.56 Å². The molecule has 0 spiro atoms. The van der Waals surface area contributed by atoms with Crippen LogP contribution in [0.25, 0.3) is 0 Å². The van der Waals surface area contributed by atoms with Crippen LogP contribution < -0.4 is 17.0 Å². The topological polar surface area (TPSA) is 118 Å². The smallest absolute Gasteiger partial charge is 0.252 e. The van der Waals surface area contributed by atoms with Crippen LogP contribution in [0.3, 0.4) is 0 Å². The summed E-state index contributed by atoms with van der Waals surface area (Å²) in [6.07, 6.45) is 2.17. The van der Waals surface area contributed by atoms with Crippen LogP contribution in [0.2, 0.25) is 0 Å². The van der Waals surface area contributed by atoms with E-state index >= 15 is 0 Å². The minimum Gasteiger partial charge on any atom is -0.369 e. The number of likely N-dealkylation sites (tertiary alicyclic amines) is 1. The second-order valence-electron chi connectivity index (χ2n) is 5.31. The molecule has 1 aliphatic heterocycles. The van der Waals surface area contributed by atoms with E-state index in [1.807, 2.05) is 0 Å². The zero-order valence-corrected chi connectivity index (χ0v) is 11.6. The highest BCUT2D eigenvalue weighted by Crippen LogP contribution is 2.20. The summed E-state index contributed by atoms with van der Waals surface area (Å²) in [5.74, 6) is 0.333. The summed E-state index contributed by atoms with van der Waals surface area (Å²) < 4.78 is 0. The van der Waals surface area contributed by atoms with E-state index in [1.165, 1.54) is 6.07 Å². The maximum Gasteiger partial charge on any atom is 0.252 e. The molecular weight excluding hydrogens is 258 g/mol. The van der Waals surface area contributed by atoms with Crippen molar-refractivity contribution in [3.8, 4) is 0 Å². The standard InChI is InChI=1S/C13H21N5O2/c1-2-3-8-6-18(7-10(8)14)12(20)5-9-4-11(19)17-13(15)16-9/h4,8,10H,2-3,5-7,14H2,1H3,(H3,15,16,17,19)/t8-,10-/m1/s1. The number of hydrogen-bond donors (Lipinski definition) is 3. The van der Waals surface area contributed by atoms with E-state index in [-0.39, 0.29) is 29.9 Å². The van der Waals surface area contributed by atoms with Crippen molar-refractivity contribution < 1.29 is 4.79 Å². The minimum absolute atomic E-state index is 0.0299. The molecule has 0 radical (unpaired) electrons. The number of nitrogens with zero attached hydrogens (tertiary/aromatic N) is 2. The van der Waals surface area contributed by atoms with Crippen LogP contribution in [-0.2, 0) is 11.2 Å². The van der Waals surface area contributed by atoms with Gasteiger partial charge in [0.1, 0.15) is 0 Å². The molecule has 5 N–H and O–H groups in total. The van der Waals surface area contributed by atoms with E-state index in [9.17, 15) is 9.59 Å². The fourth-order valence-corrected chi connectivity index (χ4v) is 2.66. The average molecular weight is 279 g/mol. The maximum absolute atomic E-state index is 12.2. The molecule has 1 saturated heterocycles. The Labute approximate surface area is 117 Å². The van der Waals surface area contributed by atoms with Crippen molar-refractivity contribution in [3.05, 3.63) is 22.1 Å². The monoisotopic (exact) mass is 279 g/mol. The van der Waals surface area contributed by atoms with Crippen LogP contribution in [0.15, 0.2) is 10.9 Å². The largest absolute Gasteiger partial charge is 0.369 e. The lowest BCUT2D eigenvalue weighted by Crippen LogP contribution is -2.33. The molecule has 0 aromatic carbocycles. The Balaban J connectivity index is 2.00. The maximum atomic E-state index is 12.2. The number of aromatic nitrogens is 2. The Morgan fingerprint density at radius 3 is 2.95 bits per heavy atom. The summed E-state index contributed by atoms with van der Waals surface area (Å²) in [7, 11) is 0. The van der Waals surface area contributed by atoms with Crippen LogP contribution in [0, 0.1) is 5.92 Å². The summed E-state index contributed by atoms with van der Waals surface area (Å²) in [5.41, 5.74) is 11.6. The first-order chi connectivity index (χ1) is 9.49. The van der Waals surface area contributed by atoms with E-state index in [0.29, 0.717) is 24.7 Å². The predicted octanol–water partition coefficient (Wildman–Crippen LogP) is -0.520. The highest BCUT2D eigenvalue weighted by molar-refractivity contribution is 5.78. The fourth-order valence-electron chi connectivity index (χ4n) is 2.66. The lowest BCUT2D eigenvalue weighted by molar-refractivity contribution is -0.129. The van der Waals surface area contributed by atoms with Crippen LogP contribution in [-0.4, -0.2) is 39.9 Å². The van der Waals surface area contributed by atoms with Gasteiger partial charge in [-0.05, 0) is 12.3 Å². The van der Waals surface area contributed by atoms with Crippen LogP contribution in [0.4, 0.5) is 5.95 Å². The molecule has 1 aromatic rings. The molecule has 1 amide bonds. The van der Waals surface area contributed by atoms with E-state index in [0.717, 1.165) is 12.8 Å². The van der Waals surface area contributed by atoms with Crippen LogP contribution in [0.5, 0.6) is 0 Å². The third kappa shape index (κ3) is 3.36. The number of amides is 1. The SMILES string of the molecule is CCC[C@@H]1CN(C(=O)Cc2cc(=O)[nH]c(N)n2)C[C@H]1N. The number of nitrogens with one attached hydrogen (secondary N) is 1. The molecule has 0 saturated carbocycles. The summed E-state index contributed by atoms with van der Waals surface area (Å²) in [6.45, 7) is 3.37. The van der Waals surface area contributed by atoms with Gasteiger partial charge in [-0.3, -0.25) is 14.6 Å². The summed E-state index contributed by atoms with van der Waals surface area (Å²) in [5, 5.41) is 0. The minimum atomic E-state index is -0.345. The third-order valence-electron chi connectivity index (χ3n) is 3.65. The number of hydrogen-bond acceptors (Lipinski definition) is 5. The number of anilines is 1. The summed E-state index contributed by atoms with van der Waals surface area (Å²) >= 11 is 0. The molecule has 7 nitrogen and oxygen atoms in total. The first-order valence-corrected chi connectivity index (χ1v) is 6.88. The quantitative estimate of drug-likeness (QED) is 0.685. The molecule has 110 valence electrons. The number of H-pyrrole nitrogens is 1. The first kappa shape index (κ1) is 14.5. The van der Waals surface area contributed by atoms with Gasteiger partial charge in [-0.2, -0.15) is 0 Å². The number of carbonyl (C=O) groups excluding carboxylic acids is 1. The van der Waals surface area contributed by atoms with Gasteiger partial charge in [-0.15, -0.1) is 0 Å². The molecule has 2 rings (SSSR count). The van der Waals surface area contributed by atoms with Gasteiger partial charge in [0.05, 0.1) is 12.1 Å². The second kappa shape index (κ2) is 6.04. The lowest BCUT2D eigenvalue weighted by Gasteiger charge is -2.15. The number of nitrogen functional groups attached to an aromatic ring is 1. The van der Waals surface area contributed by atoms with E-state index in [4.69, 9.17) is 11.5 Å². The highest BCUT2D eigenvalue weighted by Gasteiger charge is 2.32. The third-order valence-corrected chi connectivity index (χ3v) is 3.65. The van der Waals surface area contributed by atoms with E-state index in [1.54, 1.807) is 4.90 Å². The van der Waals surface area contributed by atoms with Gasteiger partial charge in [-0.1, -0.05) is 13.3 Å². The number of aromatic amines is 1. The molecule has 1 aromatic heterocycles. The molecule has 20 heavy (non-hydrogen) atoms. The van der Waals surface area contributed by atoms with Crippen molar-refractivity contribution in [1.29, 1.82) is 0 Å². The molecule has 1 aliphatic rings. The van der Waals surface area contributed by atoms with Gasteiger partial charge in [0.2, 0.25) is 11.9 Å². The van der Waals surface area contributed by atoms with Crippen molar-refractivity contribution in [2.75, 3.05) is 18.8 Å². The molecule has 1 fully saturated rings. The Morgan fingerprint density at radius 1 is 1.55 bits per heavy atom. The first-order valence-electron chi connectivity index (χ1n) is 6.88.